The molecular formula is C24H53N4O7P3. The number of nitrogens with one attached hydrogen (secondary N) is 2. The number of hydrogen-bond donors (Lipinski definition) is 2. The Kier molecular flexibility index (Phi) is 20.9. The minimum Gasteiger partial charge on any atom is -0.354 e. The van der Waals surface area contributed by atoms with Crippen LogP contribution in [0.5, 0.6) is 0 Å². The van der Waals surface area contributed by atoms with Crippen LogP contribution in [0.2, 0.25) is 0 Å². The minimum absolute atomic E-state index is 0.00466. The molecule has 0 aliphatic rings. The van der Waals surface area contributed by atoms with E-state index in [1.165, 1.54) is 6.92 Å². The zero-order valence-electron chi connectivity index (χ0n) is 25.3. The van der Waals surface area contributed by atoms with Gasteiger partial charge in [0, 0.05) is 72.4 Å². The van der Waals surface area contributed by atoms with E-state index in [0.717, 1.165) is 25.8 Å². The third-order valence-corrected chi connectivity index (χ3v) is 6.98. The number of nitrogens with zero attached hydrogens (tertiary/aromatic N) is 2. The van der Waals surface area contributed by atoms with Gasteiger partial charge in [0.2, 0.25) is 5.91 Å². The van der Waals surface area contributed by atoms with Gasteiger partial charge in [-0.2, -0.15) is 0 Å². The predicted octanol–water partition coefficient (Wildman–Crippen LogP) is 5.21. The molecule has 0 spiro atoms. The van der Waals surface area contributed by atoms with Gasteiger partial charge in [0.15, 0.2) is 22.1 Å². The van der Waals surface area contributed by atoms with E-state index in [4.69, 9.17) is 13.6 Å². The van der Waals surface area contributed by atoms with Crippen molar-refractivity contribution < 1.29 is 32.1 Å². The second-order valence-electron chi connectivity index (χ2n) is 9.92. The summed E-state index contributed by atoms with van der Waals surface area (Å²) in [7, 11) is -5.28. The lowest BCUT2D eigenvalue weighted by molar-refractivity contribution is -0.119. The fourth-order valence-corrected chi connectivity index (χ4v) is 5.76. The molecule has 2 N–H and O–H groups in total. The van der Waals surface area contributed by atoms with Crippen molar-refractivity contribution in [3.63, 3.8) is 0 Å². The highest BCUT2D eigenvalue weighted by atomic mass is 31.2. The summed E-state index contributed by atoms with van der Waals surface area (Å²) >= 11 is 0. The lowest BCUT2D eigenvalue weighted by atomic mass is 10.3. The van der Waals surface area contributed by atoms with Crippen LogP contribution in [0.1, 0.15) is 47.0 Å². The Morgan fingerprint density at radius 2 is 1.24 bits per heavy atom. The lowest BCUT2D eigenvalue weighted by Gasteiger charge is -2.19. The van der Waals surface area contributed by atoms with Crippen molar-refractivity contribution in [2.45, 2.75) is 71.8 Å². The van der Waals surface area contributed by atoms with Gasteiger partial charge in [0.1, 0.15) is 0 Å². The molecular weight excluding hydrogens is 549 g/mol. The number of rotatable bonds is 15. The summed E-state index contributed by atoms with van der Waals surface area (Å²) in [6.45, 7) is 19.1. The topological polar surface area (TPSA) is 138 Å². The van der Waals surface area contributed by atoms with Gasteiger partial charge in [-0.1, -0.05) is 20.8 Å². The first-order valence-electron chi connectivity index (χ1n) is 12.9. The van der Waals surface area contributed by atoms with Crippen molar-refractivity contribution in [2.75, 3.05) is 60.1 Å². The third kappa shape index (κ3) is 26.8. The van der Waals surface area contributed by atoms with Gasteiger partial charge in [-0.25, -0.2) is 4.98 Å². The maximum absolute atomic E-state index is 11.5. The highest BCUT2D eigenvalue weighted by molar-refractivity contribution is 7.57. The van der Waals surface area contributed by atoms with Crippen LogP contribution >= 0.6 is 22.1 Å². The van der Waals surface area contributed by atoms with Gasteiger partial charge in [-0.05, 0) is 26.3 Å². The molecule has 0 fully saturated rings. The Morgan fingerprint density at radius 3 is 1.55 bits per heavy atom. The van der Waals surface area contributed by atoms with Crippen LogP contribution < -0.4 is 10.6 Å². The van der Waals surface area contributed by atoms with Crippen molar-refractivity contribution in [2.24, 2.45) is 0 Å². The molecule has 0 saturated carbocycles. The average molecular weight is 603 g/mol. The Labute approximate surface area is 230 Å². The van der Waals surface area contributed by atoms with E-state index in [0.29, 0.717) is 13.1 Å². The van der Waals surface area contributed by atoms with Crippen LogP contribution in [0.3, 0.4) is 0 Å². The fourth-order valence-electron chi connectivity index (χ4n) is 2.94. The largest absolute Gasteiger partial charge is 0.354 e. The van der Waals surface area contributed by atoms with Crippen LogP contribution in [-0.4, -0.2) is 93.9 Å². The highest BCUT2D eigenvalue weighted by Crippen LogP contribution is 2.40. The molecule has 0 radical (unpaired) electrons. The molecule has 1 aromatic heterocycles. The summed E-state index contributed by atoms with van der Waals surface area (Å²) in [6, 6.07) is 0. The maximum Gasteiger partial charge on any atom is 0.216 e. The maximum atomic E-state index is 11.5. The molecule has 1 aromatic rings. The standard InChI is InChI=1S/C9H17N2O2P.C8H18NO3P.C7H18NO2P/c1-4-9(13-14(2,3)12)7-11-6-5-10-8-11;1-5-8(6-9-7(2)10)12-13(3,4)11;1-5-7(6-8-2)10-11(3,4)9/h5-6,8-9H,4,7H2,1-3H3;8H,5-6H2,1-4H3,(H,9,10);7-8H,5-6H2,1-4H3. The number of likely N-dealkylation sites (N-methyl/N-ethyl adjacent to an activating group) is 1. The van der Waals surface area contributed by atoms with Crippen LogP contribution in [-0.2, 0) is 38.6 Å². The zero-order chi connectivity index (χ0) is 30.0. The van der Waals surface area contributed by atoms with Gasteiger partial charge in [-0.3, -0.25) is 18.5 Å². The van der Waals surface area contributed by atoms with Gasteiger partial charge < -0.3 is 28.8 Å². The molecule has 0 aromatic carbocycles. The van der Waals surface area contributed by atoms with Crippen molar-refractivity contribution in [3.05, 3.63) is 18.7 Å². The summed E-state index contributed by atoms with van der Waals surface area (Å²) in [5, 5.41) is 5.63. The summed E-state index contributed by atoms with van der Waals surface area (Å²) in [5.74, 6) is -0.0934. The van der Waals surface area contributed by atoms with E-state index < -0.39 is 22.1 Å². The van der Waals surface area contributed by atoms with E-state index >= 15 is 0 Å². The summed E-state index contributed by atoms with van der Waals surface area (Å²) in [6.07, 6.45) is 7.77. The average Bonchev–Trinajstić information content (AvgIpc) is 3.27. The van der Waals surface area contributed by atoms with Crippen LogP contribution in [0.15, 0.2) is 18.7 Å². The quantitative estimate of drug-likeness (QED) is 0.259. The molecule has 11 nitrogen and oxygen atoms in total. The first kappa shape index (κ1) is 39.4. The molecule has 1 rings (SSSR count). The number of aromatic nitrogens is 2. The number of hydrogen-bond acceptors (Lipinski definition) is 9. The van der Waals surface area contributed by atoms with Gasteiger partial charge in [-0.15, -0.1) is 0 Å². The van der Waals surface area contributed by atoms with Crippen molar-refractivity contribution in [3.8, 4) is 0 Å². The highest BCUT2D eigenvalue weighted by Gasteiger charge is 2.17. The SMILES string of the molecule is CCC(CNC(C)=O)OP(C)(C)=O.CCC(CNC)OP(C)(C)=O.CCC(Cn1ccnc1)OP(C)(C)=O. The molecule has 226 valence electrons. The van der Waals surface area contributed by atoms with Crippen molar-refractivity contribution in [1.29, 1.82) is 0 Å². The normalized spacial score (nSPS) is 14.3. The predicted molar refractivity (Wildman–Crippen MR) is 159 cm³/mol. The van der Waals surface area contributed by atoms with E-state index in [2.05, 4.69) is 15.6 Å². The van der Waals surface area contributed by atoms with E-state index in [-0.39, 0.29) is 24.2 Å². The Balaban J connectivity index is 0. The third-order valence-electron chi connectivity index (χ3n) is 4.56. The summed E-state index contributed by atoms with van der Waals surface area (Å²) in [5.41, 5.74) is 0. The van der Waals surface area contributed by atoms with Gasteiger partial charge in [0.05, 0.1) is 31.2 Å². The number of carbonyl (C=O) groups excluding carboxylic acids is 1. The van der Waals surface area contributed by atoms with Crippen LogP contribution in [0.25, 0.3) is 0 Å². The van der Waals surface area contributed by atoms with Crippen LogP contribution in [0, 0.1) is 0 Å². The van der Waals surface area contributed by atoms with E-state index in [1.807, 2.05) is 38.6 Å². The molecule has 0 aliphatic heterocycles. The second-order valence-corrected chi connectivity index (χ2v) is 18.1. The van der Waals surface area contributed by atoms with Gasteiger partial charge >= 0.3 is 0 Å². The molecule has 0 saturated heterocycles. The molecule has 3 atom stereocenters. The van der Waals surface area contributed by atoms with E-state index in [1.54, 1.807) is 52.5 Å². The van der Waals surface area contributed by atoms with Crippen molar-refractivity contribution >= 4 is 28.0 Å². The lowest BCUT2D eigenvalue weighted by Crippen LogP contribution is -2.31. The second kappa shape index (κ2) is 20.1. The molecule has 1 amide bonds. The molecule has 0 aliphatic carbocycles. The molecule has 1 heterocycles. The molecule has 3 unspecified atom stereocenters. The van der Waals surface area contributed by atoms with E-state index in [9.17, 15) is 18.5 Å². The molecule has 14 heteroatoms. The van der Waals surface area contributed by atoms with Crippen LogP contribution in [0.4, 0.5) is 0 Å². The summed E-state index contributed by atoms with van der Waals surface area (Å²) in [4.78, 5) is 14.5. The van der Waals surface area contributed by atoms with Crippen molar-refractivity contribution in [1.82, 2.24) is 20.2 Å². The fraction of sp³-hybridized carbons (Fsp3) is 0.833. The summed E-state index contributed by atoms with van der Waals surface area (Å²) < 4.78 is 52.0. The smallest absolute Gasteiger partial charge is 0.216 e. The first-order valence-corrected chi connectivity index (χ1v) is 20.5. The minimum atomic E-state index is -2.45. The number of carbonyl (C=O) groups is 1. The number of imidazole rings is 1. The molecule has 38 heavy (non-hydrogen) atoms. The molecule has 0 bridgehead atoms. The number of amides is 1. The monoisotopic (exact) mass is 602 g/mol. The Hall–Kier alpha value is -0.790. The first-order chi connectivity index (χ1) is 17.4. The zero-order valence-corrected chi connectivity index (χ0v) is 28.0. The Morgan fingerprint density at radius 1 is 0.816 bits per heavy atom. The Bertz CT molecular complexity index is 882. The van der Waals surface area contributed by atoms with Gasteiger partial charge in [0.25, 0.3) is 0 Å².